The van der Waals surface area contributed by atoms with Crippen molar-refractivity contribution in [2.24, 2.45) is 0 Å². The maximum Gasteiger partial charge on any atom is 0.336 e. The number of carbonyl (C=O) groups is 3. The Morgan fingerprint density at radius 3 is 2.25 bits per heavy atom. The number of hydrogen-bond donors (Lipinski definition) is 2. The quantitative estimate of drug-likeness (QED) is 0.492. The average molecular weight is 482 g/mol. The molecule has 180 valence electrons. The molecule has 7 heteroatoms. The van der Waals surface area contributed by atoms with Crippen molar-refractivity contribution in [2.75, 3.05) is 7.11 Å². The van der Waals surface area contributed by atoms with Crippen LogP contribution in [0.5, 0.6) is 5.75 Å². The summed E-state index contributed by atoms with van der Waals surface area (Å²) in [6.45, 7) is 2.07. The first-order valence-electron chi connectivity index (χ1n) is 11.4. The number of benzene rings is 3. The van der Waals surface area contributed by atoms with Gasteiger partial charge in [0.15, 0.2) is 5.78 Å². The number of methoxy groups -OCH3 is 1. The largest absolute Gasteiger partial charge is 0.489 e. The molecule has 1 aliphatic heterocycles. The third kappa shape index (κ3) is 3.94. The highest BCUT2D eigenvalue weighted by molar-refractivity contribution is 6.23. The van der Waals surface area contributed by atoms with E-state index in [9.17, 15) is 14.4 Å². The number of allylic oxidation sites excluding steroid dienone is 2. The van der Waals surface area contributed by atoms with E-state index in [1.807, 2.05) is 37.3 Å². The van der Waals surface area contributed by atoms with Gasteiger partial charge in [0.1, 0.15) is 12.4 Å². The first-order valence-corrected chi connectivity index (χ1v) is 11.4. The lowest BCUT2D eigenvalue weighted by Gasteiger charge is -2.29. The van der Waals surface area contributed by atoms with E-state index in [-0.39, 0.29) is 18.0 Å². The minimum atomic E-state index is -0.978. The lowest BCUT2D eigenvalue weighted by Crippen LogP contribution is -2.29. The number of carboxylic acid groups (broad SMARTS) is 1. The molecular formula is C29H23NO6. The van der Waals surface area contributed by atoms with Gasteiger partial charge in [-0.25, -0.2) is 9.59 Å². The van der Waals surface area contributed by atoms with Crippen molar-refractivity contribution in [1.82, 2.24) is 5.32 Å². The predicted molar refractivity (Wildman–Crippen MR) is 132 cm³/mol. The van der Waals surface area contributed by atoms with E-state index in [4.69, 9.17) is 14.6 Å². The van der Waals surface area contributed by atoms with Crippen LogP contribution >= 0.6 is 0 Å². The molecule has 1 heterocycles. The van der Waals surface area contributed by atoms with E-state index >= 15 is 0 Å². The van der Waals surface area contributed by atoms with Crippen LogP contribution in [-0.2, 0) is 16.1 Å². The lowest BCUT2D eigenvalue weighted by atomic mass is 9.80. The first-order chi connectivity index (χ1) is 17.4. The number of hydrogen-bond acceptors (Lipinski definition) is 6. The van der Waals surface area contributed by atoms with Crippen LogP contribution in [0.25, 0.3) is 5.70 Å². The van der Waals surface area contributed by atoms with Crippen molar-refractivity contribution in [3.63, 3.8) is 0 Å². The standard InChI is InChI=1S/C29H23NO6/c1-16-23(29(34)35-2)24(25-26(30-16)21-5-3-4-6-22(21)27(25)31)18-11-13-20(14-12-18)36-15-17-7-9-19(10-8-17)28(32)33/h3-14,24,30H,15H2,1-2H3,(H,32,33)/t24-/m0/s1. The molecule has 0 saturated heterocycles. The number of esters is 1. The summed E-state index contributed by atoms with van der Waals surface area (Å²) in [5.74, 6) is -1.58. The zero-order valence-corrected chi connectivity index (χ0v) is 19.7. The summed E-state index contributed by atoms with van der Waals surface area (Å²) in [5.41, 5.74) is 5.51. The van der Waals surface area contributed by atoms with Crippen molar-refractivity contribution in [3.05, 3.63) is 117 Å². The first kappa shape index (κ1) is 23.1. The summed E-state index contributed by atoms with van der Waals surface area (Å²) < 4.78 is 10.9. The molecule has 2 aliphatic rings. The fourth-order valence-electron chi connectivity index (χ4n) is 4.71. The highest BCUT2D eigenvalue weighted by Gasteiger charge is 2.42. The number of rotatable bonds is 6. The van der Waals surface area contributed by atoms with Gasteiger partial charge in [-0.2, -0.15) is 0 Å². The Bertz CT molecular complexity index is 1450. The molecule has 36 heavy (non-hydrogen) atoms. The number of ketones is 1. The van der Waals surface area contributed by atoms with E-state index < -0.39 is 17.9 Å². The van der Waals surface area contributed by atoms with Gasteiger partial charge < -0.3 is 19.9 Å². The normalized spacial score (nSPS) is 16.3. The SMILES string of the molecule is COC(=O)C1=C(C)NC2=C(C(=O)c3ccccc32)[C@H]1c1ccc(OCc2ccc(C(=O)O)cc2)cc1. The second-order valence-corrected chi connectivity index (χ2v) is 8.61. The molecule has 5 rings (SSSR count). The van der Waals surface area contributed by atoms with E-state index in [1.165, 1.54) is 19.2 Å². The zero-order valence-electron chi connectivity index (χ0n) is 19.7. The molecule has 2 N–H and O–H groups in total. The van der Waals surface area contributed by atoms with Crippen molar-refractivity contribution < 1.29 is 29.0 Å². The molecule has 0 spiro atoms. The van der Waals surface area contributed by atoms with Gasteiger partial charge in [-0.1, -0.05) is 48.5 Å². The number of dihydropyridines is 1. The minimum absolute atomic E-state index is 0.114. The summed E-state index contributed by atoms with van der Waals surface area (Å²) in [7, 11) is 1.33. The number of aromatic carboxylic acids is 1. The molecular weight excluding hydrogens is 458 g/mol. The second kappa shape index (κ2) is 9.19. The highest BCUT2D eigenvalue weighted by atomic mass is 16.5. The van der Waals surface area contributed by atoms with Gasteiger partial charge in [0.25, 0.3) is 0 Å². The zero-order chi connectivity index (χ0) is 25.4. The lowest BCUT2D eigenvalue weighted by molar-refractivity contribution is -0.136. The summed E-state index contributed by atoms with van der Waals surface area (Å²) in [5, 5.41) is 12.3. The topological polar surface area (TPSA) is 102 Å². The average Bonchev–Trinajstić information content (AvgIpc) is 3.18. The molecule has 7 nitrogen and oxygen atoms in total. The van der Waals surface area contributed by atoms with Crippen LogP contribution in [0.4, 0.5) is 0 Å². The molecule has 0 bridgehead atoms. The van der Waals surface area contributed by atoms with E-state index in [1.54, 1.807) is 30.3 Å². The number of carboxylic acids is 1. The molecule has 0 aromatic heterocycles. The van der Waals surface area contributed by atoms with Crippen LogP contribution < -0.4 is 10.1 Å². The Labute approximate surface area is 207 Å². The van der Waals surface area contributed by atoms with E-state index in [0.29, 0.717) is 28.2 Å². The van der Waals surface area contributed by atoms with Gasteiger partial charge in [0, 0.05) is 28.3 Å². The molecule has 3 aromatic carbocycles. The van der Waals surface area contributed by atoms with Crippen molar-refractivity contribution in [3.8, 4) is 5.75 Å². The number of Topliss-reactive ketones (excluding diaryl/α,β-unsaturated/α-hetero) is 1. The van der Waals surface area contributed by atoms with Crippen LogP contribution in [0.3, 0.4) is 0 Å². The maximum absolute atomic E-state index is 13.4. The maximum atomic E-state index is 13.4. The third-order valence-electron chi connectivity index (χ3n) is 6.47. The molecule has 0 radical (unpaired) electrons. The van der Waals surface area contributed by atoms with Crippen molar-refractivity contribution in [1.29, 1.82) is 0 Å². The molecule has 1 aliphatic carbocycles. The predicted octanol–water partition coefficient (Wildman–Crippen LogP) is 4.71. The number of nitrogens with one attached hydrogen (secondary N) is 1. The van der Waals surface area contributed by atoms with Gasteiger partial charge in [-0.05, 0) is 42.3 Å². The minimum Gasteiger partial charge on any atom is -0.489 e. The number of carbonyl (C=O) groups excluding carboxylic acids is 2. The molecule has 0 amide bonds. The molecule has 0 fully saturated rings. The molecule has 0 saturated carbocycles. The Morgan fingerprint density at radius 2 is 1.61 bits per heavy atom. The van der Waals surface area contributed by atoms with Crippen molar-refractivity contribution >= 4 is 23.4 Å². The summed E-state index contributed by atoms with van der Waals surface area (Å²) in [4.78, 5) is 37.3. The Balaban J connectivity index is 1.45. The highest BCUT2D eigenvalue weighted by Crippen LogP contribution is 2.46. The van der Waals surface area contributed by atoms with Crippen LogP contribution in [0.15, 0.2) is 89.6 Å². The van der Waals surface area contributed by atoms with Crippen LogP contribution in [0.2, 0.25) is 0 Å². The Morgan fingerprint density at radius 1 is 0.944 bits per heavy atom. The van der Waals surface area contributed by atoms with Gasteiger partial charge >= 0.3 is 11.9 Å². The van der Waals surface area contributed by atoms with E-state index in [0.717, 1.165) is 22.4 Å². The van der Waals surface area contributed by atoms with Crippen LogP contribution in [0.1, 0.15) is 50.2 Å². The Kier molecular flexibility index (Phi) is 5.90. The third-order valence-corrected chi connectivity index (χ3v) is 6.47. The fraction of sp³-hybridized carbons (Fsp3) is 0.138. The monoisotopic (exact) mass is 481 g/mol. The molecule has 3 aromatic rings. The smallest absolute Gasteiger partial charge is 0.336 e. The summed E-state index contributed by atoms with van der Waals surface area (Å²) in [6, 6.07) is 21.2. The summed E-state index contributed by atoms with van der Waals surface area (Å²) >= 11 is 0. The van der Waals surface area contributed by atoms with Gasteiger partial charge in [-0.15, -0.1) is 0 Å². The van der Waals surface area contributed by atoms with Gasteiger partial charge in [-0.3, -0.25) is 4.79 Å². The Hall–Kier alpha value is -4.65. The number of fused-ring (bicyclic) bond motifs is 2. The van der Waals surface area contributed by atoms with Crippen LogP contribution in [0, 0.1) is 0 Å². The molecule has 0 unspecified atom stereocenters. The van der Waals surface area contributed by atoms with E-state index in [2.05, 4.69) is 5.32 Å². The van der Waals surface area contributed by atoms with Gasteiger partial charge in [0.2, 0.25) is 0 Å². The van der Waals surface area contributed by atoms with Crippen molar-refractivity contribution in [2.45, 2.75) is 19.4 Å². The number of ether oxygens (including phenoxy) is 2. The summed E-state index contributed by atoms with van der Waals surface area (Å²) in [6.07, 6.45) is 0. The van der Waals surface area contributed by atoms with Gasteiger partial charge in [0.05, 0.1) is 23.9 Å². The van der Waals surface area contributed by atoms with Crippen LogP contribution in [-0.4, -0.2) is 29.9 Å². The second-order valence-electron chi connectivity index (χ2n) is 8.61. The fourth-order valence-corrected chi connectivity index (χ4v) is 4.71. The molecule has 1 atom stereocenters.